The Kier molecular flexibility index (Phi) is 4.24. The number of nitrogen functional groups attached to an aromatic ring is 1. The average Bonchev–Trinajstić information content (AvgIpc) is 2.75. The van der Waals surface area contributed by atoms with E-state index in [9.17, 15) is 0 Å². The van der Waals surface area contributed by atoms with E-state index in [1.165, 1.54) is 4.88 Å². The number of aromatic nitrogens is 2. The van der Waals surface area contributed by atoms with Crippen molar-refractivity contribution in [3.8, 4) is 0 Å². The lowest BCUT2D eigenvalue weighted by Gasteiger charge is -2.17. The largest absolute Gasteiger partial charge is 0.382 e. The van der Waals surface area contributed by atoms with Crippen LogP contribution in [0.25, 0.3) is 0 Å². The van der Waals surface area contributed by atoms with Crippen LogP contribution in [0.1, 0.15) is 21.8 Å². The quantitative estimate of drug-likeness (QED) is 0.644. The summed E-state index contributed by atoms with van der Waals surface area (Å²) in [4.78, 5) is 11.8. The SMILES string of the molecule is Cc1ncsc1CN(C)Cc1cccnc1C(=N)N. The summed E-state index contributed by atoms with van der Waals surface area (Å²) in [5.41, 5.74) is 10.0. The molecule has 0 aliphatic heterocycles. The van der Waals surface area contributed by atoms with Crippen LogP contribution >= 0.6 is 11.3 Å². The van der Waals surface area contributed by atoms with Crippen LogP contribution in [-0.2, 0) is 13.1 Å². The summed E-state index contributed by atoms with van der Waals surface area (Å²) in [7, 11) is 2.04. The Morgan fingerprint density at radius 1 is 1.42 bits per heavy atom. The number of aryl methyl sites for hydroxylation is 1. The fourth-order valence-corrected chi connectivity index (χ4v) is 2.73. The van der Waals surface area contributed by atoms with E-state index in [1.807, 2.05) is 31.6 Å². The smallest absolute Gasteiger partial charge is 0.142 e. The Morgan fingerprint density at radius 3 is 2.84 bits per heavy atom. The molecule has 0 amide bonds. The zero-order valence-corrected chi connectivity index (χ0v) is 11.9. The van der Waals surface area contributed by atoms with Gasteiger partial charge in [-0.05, 0) is 25.6 Å². The highest BCUT2D eigenvalue weighted by atomic mass is 32.1. The molecule has 0 aromatic carbocycles. The van der Waals surface area contributed by atoms with Gasteiger partial charge in [-0.25, -0.2) is 4.98 Å². The minimum atomic E-state index is 0.0120. The third-order valence-corrected chi connectivity index (χ3v) is 3.76. The number of nitrogens with two attached hydrogens (primary N) is 1. The molecule has 100 valence electrons. The lowest BCUT2D eigenvalue weighted by molar-refractivity contribution is 0.320. The molecule has 0 aliphatic carbocycles. The van der Waals surface area contributed by atoms with Gasteiger partial charge in [0.25, 0.3) is 0 Å². The molecule has 2 heterocycles. The van der Waals surface area contributed by atoms with Gasteiger partial charge >= 0.3 is 0 Å². The Labute approximate surface area is 116 Å². The number of rotatable bonds is 5. The second-order valence-electron chi connectivity index (χ2n) is 4.46. The summed E-state index contributed by atoms with van der Waals surface area (Å²) in [6, 6.07) is 3.83. The molecule has 6 heteroatoms. The number of nitrogens with zero attached hydrogens (tertiary/aromatic N) is 3. The minimum Gasteiger partial charge on any atom is -0.382 e. The Balaban J connectivity index is 2.09. The van der Waals surface area contributed by atoms with Crippen molar-refractivity contribution in [2.24, 2.45) is 5.73 Å². The van der Waals surface area contributed by atoms with Crippen molar-refractivity contribution in [1.29, 1.82) is 5.41 Å². The maximum atomic E-state index is 7.54. The van der Waals surface area contributed by atoms with Gasteiger partial charge < -0.3 is 5.73 Å². The van der Waals surface area contributed by atoms with E-state index < -0.39 is 0 Å². The molecule has 0 atom stereocenters. The summed E-state index contributed by atoms with van der Waals surface area (Å²) < 4.78 is 0. The summed E-state index contributed by atoms with van der Waals surface area (Å²) in [6.45, 7) is 3.56. The van der Waals surface area contributed by atoms with Crippen molar-refractivity contribution in [3.63, 3.8) is 0 Å². The van der Waals surface area contributed by atoms with Crippen molar-refractivity contribution in [2.45, 2.75) is 20.0 Å². The van der Waals surface area contributed by atoms with Crippen molar-refractivity contribution < 1.29 is 0 Å². The zero-order valence-electron chi connectivity index (χ0n) is 11.1. The van der Waals surface area contributed by atoms with Gasteiger partial charge in [0, 0.05) is 24.2 Å². The fourth-order valence-electron chi connectivity index (χ4n) is 1.88. The van der Waals surface area contributed by atoms with Gasteiger partial charge in [0.05, 0.1) is 11.2 Å². The van der Waals surface area contributed by atoms with E-state index in [4.69, 9.17) is 11.1 Å². The number of thiazole rings is 1. The van der Waals surface area contributed by atoms with Crippen LogP contribution in [0.2, 0.25) is 0 Å². The highest BCUT2D eigenvalue weighted by Gasteiger charge is 2.10. The highest BCUT2D eigenvalue weighted by Crippen LogP contribution is 2.16. The van der Waals surface area contributed by atoms with Gasteiger partial charge in [-0.2, -0.15) is 0 Å². The van der Waals surface area contributed by atoms with Gasteiger partial charge in [-0.15, -0.1) is 11.3 Å². The normalized spacial score (nSPS) is 10.9. The van der Waals surface area contributed by atoms with Gasteiger partial charge in [0.2, 0.25) is 0 Å². The fraction of sp³-hybridized carbons (Fsp3) is 0.308. The first-order valence-corrected chi connectivity index (χ1v) is 6.81. The van der Waals surface area contributed by atoms with Crippen LogP contribution in [-0.4, -0.2) is 27.8 Å². The maximum Gasteiger partial charge on any atom is 0.142 e. The number of hydrogen-bond acceptors (Lipinski definition) is 5. The molecule has 0 bridgehead atoms. The van der Waals surface area contributed by atoms with Gasteiger partial charge in [0.15, 0.2) is 0 Å². The molecule has 0 radical (unpaired) electrons. The third-order valence-electron chi connectivity index (χ3n) is 2.85. The molecule has 0 spiro atoms. The van der Waals surface area contributed by atoms with Crippen molar-refractivity contribution in [3.05, 3.63) is 45.7 Å². The van der Waals surface area contributed by atoms with E-state index >= 15 is 0 Å². The monoisotopic (exact) mass is 275 g/mol. The van der Waals surface area contributed by atoms with E-state index in [2.05, 4.69) is 14.9 Å². The lowest BCUT2D eigenvalue weighted by Crippen LogP contribution is -2.22. The molecule has 2 aromatic heterocycles. The van der Waals surface area contributed by atoms with Gasteiger partial charge in [-0.3, -0.25) is 15.3 Å². The van der Waals surface area contributed by atoms with Crippen LogP contribution in [0.4, 0.5) is 0 Å². The number of nitrogens with one attached hydrogen (secondary N) is 1. The molecular weight excluding hydrogens is 258 g/mol. The maximum absolute atomic E-state index is 7.54. The zero-order chi connectivity index (χ0) is 13.8. The molecule has 19 heavy (non-hydrogen) atoms. The second kappa shape index (κ2) is 5.90. The van der Waals surface area contributed by atoms with Crippen LogP contribution in [0.3, 0.4) is 0 Å². The van der Waals surface area contributed by atoms with Crippen molar-refractivity contribution >= 4 is 17.2 Å². The first kappa shape index (κ1) is 13.6. The number of hydrogen-bond donors (Lipinski definition) is 2. The topological polar surface area (TPSA) is 78.9 Å². The first-order chi connectivity index (χ1) is 9.08. The summed E-state index contributed by atoms with van der Waals surface area (Å²) in [6.07, 6.45) is 1.66. The van der Waals surface area contributed by atoms with Crippen LogP contribution in [0, 0.1) is 12.3 Å². The van der Waals surface area contributed by atoms with E-state index in [0.717, 1.165) is 17.8 Å². The first-order valence-electron chi connectivity index (χ1n) is 5.93. The molecule has 0 unspecified atom stereocenters. The van der Waals surface area contributed by atoms with Gasteiger partial charge in [-0.1, -0.05) is 6.07 Å². The Morgan fingerprint density at radius 2 is 2.21 bits per heavy atom. The molecule has 0 saturated heterocycles. The average molecular weight is 275 g/mol. The second-order valence-corrected chi connectivity index (χ2v) is 5.40. The summed E-state index contributed by atoms with van der Waals surface area (Å²) >= 11 is 1.66. The molecule has 2 aromatic rings. The lowest BCUT2D eigenvalue weighted by atomic mass is 10.1. The number of pyridine rings is 1. The van der Waals surface area contributed by atoms with Crippen molar-refractivity contribution in [2.75, 3.05) is 7.05 Å². The van der Waals surface area contributed by atoms with Crippen LogP contribution in [0.5, 0.6) is 0 Å². The molecule has 0 saturated carbocycles. The molecular formula is C13H17N5S. The van der Waals surface area contributed by atoms with Crippen molar-refractivity contribution in [1.82, 2.24) is 14.9 Å². The van der Waals surface area contributed by atoms with Crippen LogP contribution < -0.4 is 5.73 Å². The molecule has 0 fully saturated rings. The highest BCUT2D eigenvalue weighted by molar-refractivity contribution is 7.09. The molecule has 2 rings (SSSR count). The minimum absolute atomic E-state index is 0.0120. The molecule has 0 aliphatic rings. The van der Waals surface area contributed by atoms with E-state index in [0.29, 0.717) is 12.2 Å². The van der Waals surface area contributed by atoms with Gasteiger partial charge in [0.1, 0.15) is 11.5 Å². The molecule has 5 nitrogen and oxygen atoms in total. The third kappa shape index (κ3) is 3.36. The van der Waals surface area contributed by atoms with E-state index in [-0.39, 0.29) is 5.84 Å². The number of amidine groups is 1. The summed E-state index contributed by atoms with van der Waals surface area (Å²) in [5.74, 6) is 0.0120. The predicted octanol–water partition coefficient (Wildman–Crippen LogP) is 1.76. The Hall–Kier alpha value is -1.79. The molecule has 3 N–H and O–H groups in total. The predicted molar refractivity (Wildman–Crippen MR) is 77.3 cm³/mol. The standard InChI is InChI=1S/C13H17N5S/c1-9-11(19-8-17-9)7-18(2)6-10-4-3-5-16-12(10)13(14)15/h3-5,8H,6-7H2,1-2H3,(H3,14,15). The van der Waals surface area contributed by atoms with Crippen LogP contribution in [0.15, 0.2) is 23.8 Å². The summed E-state index contributed by atoms with van der Waals surface area (Å²) in [5, 5.41) is 7.54. The van der Waals surface area contributed by atoms with E-state index in [1.54, 1.807) is 17.5 Å². The Bertz CT molecular complexity index is 578.